The molecule has 4 rings (SSSR count). The van der Waals surface area contributed by atoms with Crippen molar-refractivity contribution in [3.8, 4) is 11.5 Å². The zero-order chi connectivity index (χ0) is 18.8. The number of esters is 1. The molecule has 140 valence electrons. The molecule has 2 aliphatic heterocycles. The molecule has 0 spiro atoms. The summed E-state index contributed by atoms with van der Waals surface area (Å²) < 4.78 is 24.6. The SMILES string of the molecule is CCOC(=O)c1c2n(c3c(O)c(C)c(OC)cc13)C[C@H]1OC(C)(C)O[C@@H]21. The quantitative estimate of drug-likeness (QED) is 0.847. The number of phenolic OH excluding ortho intramolecular Hbond substituents is 1. The van der Waals surface area contributed by atoms with Crippen molar-refractivity contribution in [2.75, 3.05) is 13.7 Å². The van der Waals surface area contributed by atoms with Crippen LogP contribution in [0.3, 0.4) is 0 Å². The molecule has 26 heavy (non-hydrogen) atoms. The predicted molar refractivity (Wildman–Crippen MR) is 93.6 cm³/mol. The van der Waals surface area contributed by atoms with Crippen LogP contribution in [-0.4, -0.2) is 41.3 Å². The Hall–Kier alpha value is -2.25. The van der Waals surface area contributed by atoms with Crippen molar-refractivity contribution in [2.45, 2.75) is 52.2 Å². The van der Waals surface area contributed by atoms with E-state index >= 15 is 0 Å². The van der Waals surface area contributed by atoms with Crippen molar-refractivity contribution < 1.29 is 28.8 Å². The lowest BCUT2D eigenvalue weighted by Gasteiger charge is -2.19. The van der Waals surface area contributed by atoms with E-state index < -0.39 is 11.8 Å². The van der Waals surface area contributed by atoms with Gasteiger partial charge in [0.1, 0.15) is 23.7 Å². The van der Waals surface area contributed by atoms with Gasteiger partial charge in [0.25, 0.3) is 0 Å². The number of methoxy groups -OCH3 is 1. The molecule has 7 heteroatoms. The zero-order valence-electron chi connectivity index (χ0n) is 15.6. The Morgan fingerprint density at radius 1 is 1.42 bits per heavy atom. The first kappa shape index (κ1) is 17.2. The fourth-order valence-corrected chi connectivity index (χ4v) is 4.08. The third-order valence-electron chi connectivity index (χ3n) is 5.08. The molecule has 0 aliphatic carbocycles. The molecule has 1 aromatic carbocycles. The summed E-state index contributed by atoms with van der Waals surface area (Å²) in [6.07, 6.45) is -0.595. The number of aromatic hydroxyl groups is 1. The van der Waals surface area contributed by atoms with Crippen molar-refractivity contribution in [3.05, 3.63) is 22.9 Å². The van der Waals surface area contributed by atoms with Crippen molar-refractivity contribution in [1.29, 1.82) is 0 Å². The summed E-state index contributed by atoms with van der Waals surface area (Å²) in [5.74, 6) is -0.551. The van der Waals surface area contributed by atoms with E-state index in [1.807, 2.05) is 18.4 Å². The Morgan fingerprint density at radius 3 is 2.81 bits per heavy atom. The van der Waals surface area contributed by atoms with E-state index in [1.165, 1.54) is 7.11 Å². The van der Waals surface area contributed by atoms with Gasteiger partial charge in [-0.05, 0) is 33.8 Å². The highest BCUT2D eigenvalue weighted by atomic mass is 16.8. The fourth-order valence-electron chi connectivity index (χ4n) is 4.08. The number of hydrogen-bond acceptors (Lipinski definition) is 6. The highest BCUT2D eigenvalue weighted by molar-refractivity contribution is 6.08. The Bertz CT molecular complexity index is 913. The molecule has 2 aliphatic rings. The van der Waals surface area contributed by atoms with E-state index in [9.17, 15) is 9.90 Å². The second kappa shape index (κ2) is 5.62. The van der Waals surface area contributed by atoms with Gasteiger partial charge in [-0.3, -0.25) is 0 Å². The van der Waals surface area contributed by atoms with Crippen LogP contribution in [0.2, 0.25) is 0 Å². The van der Waals surface area contributed by atoms with Crippen LogP contribution >= 0.6 is 0 Å². The molecule has 1 aromatic heterocycles. The van der Waals surface area contributed by atoms with Crippen LogP contribution in [0.25, 0.3) is 10.9 Å². The largest absolute Gasteiger partial charge is 0.505 e. The molecule has 1 N–H and O–H groups in total. The smallest absolute Gasteiger partial charge is 0.340 e. The van der Waals surface area contributed by atoms with Crippen molar-refractivity contribution >= 4 is 16.9 Å². The molecule has 2 aromatic rings. The number of nitrogens with zero attached hydrogens (tertiary/aromatic N) is 1. The van der Waals surface area contributed by atoms with Crippen LogP contribution in [0.1, 0.15) is 48.5 Å². The minimum Gasteiger partial charge on any atom is -0.505 e. The molecule has 1 fully saturated rings. The van der Waals surface area contributed by atoms with Gasteiger partial charge in [0.05, 0.1) is 37.0 Å². The van der Waals surface area contributed by atoms with Gasteiger partial charge in [-0.25, -0.2) is 4.79 Å². The number of rotatable bonds is 3. The monoisotopic (exact) mass is 361 g/mol. The summed E-state index contributed by atoms with van der Waals surface area (Å²) in [6.45, 7) is 8.01. The second-order valence-electron chi connectivity index (χ2n) is 7.13. The molecular formula is C19H23NO6. The number of hydrogen-bond donors (Lipinski definition) is 1. The molecule has 0 saturated carbocycles. The minimum atomic E-state index is -0.724. The standard InChI is InChI=1S/C19H23NO6/c1-6-24-18(22)13-10-7-11(23-5)9(2)16(21)14(10)20-8-12-17(15(13)20)26-19(3,4)25-12/h7,12,17,21H,6,8H2,1-5H3/t12-,17-/m1/s1. The van der Waals surface area contributed by atoms with Crippen LogP contribution < -0.4 is 4.74 Å². The molecule has 3 heterocycles. The summed E-state index contributed by atoms with van der Waals surface area (Å²) in [7, 11) is 1.54. The first-order valence-corrected chi connectivity index (χ1v) is 8.74. The van der Waals surface area contributed by atoms with Crippen LogP contribution in [0.5, 0.6) is 11.5 Å². The Labute approximate surface area is 151 Å². The van der Waals surface area contributed by atoms with Crippen molar-refractivity contribution in [3.63, 3.8) is 0 Å². The van der Waals surface area contributed by atoms with Crippen LogP contribution in [-0.2, 0) is 20.8 Å². The maximum absolute atomic E-state index is 12.8. The Kier molecular flexibility index (Phi) is 3.71. The predicted octanol–water partition coefficient (Wildman–Crippen LogP) is 3.05. The van der Waals surface area contributed by atoms with Crippen LogP contribution in [0.4, 0.5) is 0 Å². The van der Waals surface area contributed by atoms with Gasteiger partial charge in [-0.1, -0.05) is 0 Å². The van der Waals surface area contributed by atoms with E-state index in [0.29, 0.717) is 40.0 Å². The molecule has 7 nitrogen and oxygen atoms in total. The van der Waals surface area contributed by atoms with E-state index in [-0.39, 0.29) is 24.6 Å². The highest BCUT2D eigenvalue weighted by Crippen LogP contribution is 2.50. The van der Waals surface area contributed by atoms with Gasteiger partial charge in [-0.2, -0.15) is 0 Å². The Balaban J connectivity index is 2.02. The van der Waals surface area contributed by atoms with Crippen molar-refractivity contribution in [2.24, 2.45) is 0 Å². The van der Waals surface area contributed by atoms with Crippen molar-refractivity contribution in [1.82, 2.24) is 4.57 Å². The number of carbonyl (C=O) groups is 1. The lowest BCUT2D eigenvalue weighted by molar-refractivity contribution is -0.151. The fraction of sp³-hybridized carbons (Fsp3) is 0.526. The first-order chi connectivity index (χ1) is 12.3. The molecule has 2 atom stereocenters. The molecular weight excluding hydrogens is 338 g/mol. The number of phenols is 1. The average Bonchev–Trinajstić information content (AvgIpc) is 3.15. The maximum atomic E-state index is 12.8. The summed E-state index contributed by atoms with van der Waals surface area (Å²) in [5, 5.41) is 11.4. The third kappa shape index (κ3) is 2.23. The average molecular weight is 361 g/mol. The molecule has 0 amide bonds. The number of fused-ring (bicyclic) bond motifs is 5. The van der Waals surface area contributed by atoms with Gasteiger partial charge < -0.3 is 28.6 Å². The van der Waals surface area contributed by atoms with Gasteiger partial charge in [-0.15, -0.1) is 0 Å². The van der Waals surface area contributed by atoms with Gasteiger partial charge >= 0.3 is 5.97 Å². The lowest BCUT2D eigenvalue weighted by Crippen LogP contribution is -2.23. The van der Waals surface area contributed by atoms with E-state index in [1.54, 1.807) is 19.9 Å². The molecule has 0 bridgehead atoms. The Morgan fingerprint density at radius 2 is 2.15 bits per heavy atom. The van der Waals surface area contributed by atoms with E-state index in [0.717, 1.165) is 0 Å². The number of ether oxygens (including phenoxy) is 4. The highest BCUT2D eigenvalue weighted by Gasteiger charge is 2.50. The van der Waals surface area contributed by atoms with Gasteiger partial charge in [0.2, 0.25) is 0 Å². The normalized spacial score (nSPS) is 23.1. The minimum absolute atomic E-state index is 0.0929. The van der Waals surface area contributed by atoms with E-state index in [4.69, 9.17) is 18.9 Å². The molecule has 0 unspecified atom stereocenters. The third-order valence-corrected chi connectivity index (χ3v) is 5.08. The summed E-state index contributed by atoms with van der Waals surface area (Å²) in [6, 6.07) is 1.78. The van der Waals surface area contributed by atoms with Gasteiger partial charge in [0.15, 0.2) is 5.79 Å². The second-order valence-corrected chi connectivity index (χ2v) is 7.13. The van der Waals surface area contributed by atoms with Crippen LogP contribution in [0, 0.1) is 6.92 Å². The van der Waals surface area contributed by atoms with Gasteiger partial charge in [0, 0.05) is 10.9 Å². The summed E-state index contributed by atoms with van der Waals surface area (Å²) in [5.41, 5.74) is 2.30. The molecule has 0 radical (unpaired) electrons. The summed E-state index contributed by atoms with van der Waals surface area (Å²) >= 11 is 0. The molecule has 1 saturated heterocycles. The number of aromatic nitrogens is 1. The number of carbonyl (C=O) groups excluding carboxylic acids is 1. The summed E-state index contributed by atoms with van der Waals surface area (Å²) in [4.78, 5) is 12.8. The number of benzene rings is 1. The zero-order valence-corrected chi connectivity index (χ0v) is 15.6. The van der Waals surface area contributed by atoms with Crippen LogP contribution in [0.15, 0.2) is 6.07 Å². The van der Waals surface area contributed by atoms with E-state index in [2.05, 4.69) is 0 Å². The lowest BCUT2D eigenvalue weighted by atomic mass is 10.0. The topological polar surface area (TPSA) is 79.2 Å². The first-order valence-electron chi connectivity index (χ1n) is 8.74. The maximum Gasteiger partial charge on any atom is 0.340 e.